The van der Waals surface area contributed by atoms with Gasteiger partial charge in [0.15, 0.2) is 0 Å². The van der Waals surface area contributed by atoms with Crippen LogP contribution in [0.2, 0.25) is 0 Å². The van der Waals surface area contributed by atoms with E-state index in [2.05, 4.69) is 15.6 Å². The summed E-state index contributed by atoms with van der Waals surface area (Å²) in [5, 5.41) is 5.69. The molecule has 0 saturated carbocycles. The maximum absolute atomic E-state index is 12.2. The summed E-state index contributed by atoms with van der Waals surface area (Å²) in [4.78, 5) is 27.5. The van der Waals surface area contributed by atoms with Gasteiger partial charge in [-0.2, -0.15) is 0 Å². The lowest BCUT2D eigenvalue weighted by Crippen LogP contribution is -2.20. The average Bonchev–Trinajstić information content (AvgIpc) is 2.96. The van der Waals surface area contributed by atoms with Crippen LogP contribution in [0.4, 0.5) is 11.4 Å². The molecule has 2 N–H and O–H groups in total. The molecule has 0 aliphatic carbocycles. The van der Waals surface area contributed by atoms with Gasteiger partial charge in [-0.05, 0) is 37.1 Å². The summed E-state index contributed by atoms with van der Waals surface area (Å²) >= 11 is 0. The first-order valence-electron chi connectivity index (χ1n) is 6.91. The fourth-order valence-corrected chi connectivity index (χ4v) is 2.42. The molecule has 1 aliphatic heterocycles. The van der Waals surface area contributed by atoms with Crippen LogP contribution >= 0.6 is 0 Å². The van der Waals surface area contributed by atoms with E-state index in [0.29, 0.717) is 25.1 Å². The van der Waals surface area contributed by atoms with Crippen molar-refractivity contribution in [2.45, 2.75) is 26.3 Å². The van der Waals surface area contributed by atoms with Crippen molar-refractivity contribution < 1.29 is 9.59 Å². The van der Waals surface area contributed by atoms with Gasteiger partial charge in [0.05, 0.1) is 12.5 Å². The van der Waals surface area contributed by atoms with Gasteiger partial charge < -0.3 is 15.2 Å². The third kappa shape index (κ3) is 2.65. The van der Waals surface area contributed by atoms with Crippen molar-refractivity contribution >= 4 is 23.2 Å². The number of nitrogens with one attached hydrogen (secondary N) is 2. The number of rotatable bonds is 3. The number of nitrogens with zero attached hydrogens (tertiary/aromatic N) is 2. The van der Waals surface area contributed by atoms with Gasteiger partial charge in [0.1, 0.15) is 5.69 Å². The molecule has 0 radical (unpaired) electrons. The van der Waals surface area contributed by atoms with Gasteiger partial charge in [-0.25, -0.2) is 4.98 Å². The third-order valence-corrected chi connectivity index (χ3v) is 3.54. The number of aromatic nitrogens is 2. The predicted molar refractivity (Wildman–Crippen MR) is 79.2 cm³/mol. The Bertz CT molecular complexity index is 705. The van der Waals surface area contributed by atoms with Crippen molar-refractivity contribution in [2.75, 3.05) is 10.6 Å². The smallest absolute Gasteiger partial charge is 0.273 e. The van der Waals surface area contributed by atoms with Crippen molar-refractivity contribution in [1.29, 1.82) is 0 Å². The summed E-state index contributed by atoms with van der Waals surface area (Å²) in [7, 11) is 0. The standard InChI is InChI=1S/C15H16N4O2/c1-2-19-9-16-8-13(19)15(21)17-11-4-5-12-10(7-11)3-6-14(20)18-12/h4-5,7-9H,2-3,6H2,1H3,(H,17,21)(H,18,20). The molecule has 2 amide bonds. The van der Waals surface area contributed by atoms with Crippen LogP contribution in [0.5, 0.6) is 0 Å². The van der Waals surface area contributed by atoms with Crippen LogP contribution in [0.1, 0.15) is 29.4 Å². The van der Waals surface area contributed by atoms with Gasteiger partial charge in [-0.3, -0.25) is 9.59 Å². The van der Waals surface area contributed by atoms with E-state index < -0.39 is 0 Å². The first kappa shape index (κ1) is 13.4. The van der Waals surface area contributed by atoms with Crippen LogP contribution in [0.15, 0.2) is 30.7 Å². The van der Waals surface area contributed by atoms with Crippen LogP contribution in [0.3, 0.4) is 0 Å². The van der Waals surface area contributed by atoms with Crippen molar-refractivity contribution in [3.8, 4) is 0 Å². The Morgan fingerprint density at radius 3 is 3.10 bits per heavy atom. The zero-order chi connectivity index (χ0) is 14.8. The minimum atomic E-state index is -0.186. The van der Waals surface area contributed by atoms with Crippen LogP contribution < -0.4 is 10.6 Å². The molecule has 0 fully saturated rings. The van der Waals surface area contributed by atoms with Crippen molar-refractivity contribution in [1.82, 2.24) is 9.55 Å². The predicted octanol–water partition coefficient (Wildman–Crippen LogP) is 2.04. The Labute approximate surface area is 122 Å². The molecule has 1 aromatic heterocycles. The number of hydrogen-bond donors (Lipinski definition) is 2. The van der Waals surface area contributed by atoms with Crippen LogP contribution in [-0.4, -0.2) is 21.4 Å². The zero-order valence-corrected chi connectivity index (χ0v) is 11.7. The highest BCUT2D eigenvalue weighted by atomic mass is 16.2. The monoisotopic (exact) mass is 284 g/mol. The van der Waals surface area contributed by atoms with Gasteiger partial charge in [0.25, 0.3) is 5.91 Å². The van der Waals surface area contributed by atoms with Crippen LogP contribution in [0.25, 0.3) is 0 Å². The summed E-state index contributed by atoms with van der Waals surface area (Å²) in [5.74, 6) is -0.153. The quantitative estimate of drug-likeness (QED) is 0.905. The maximum atomic E-state index is 12.2. The molecule has 0 bridgehead atoms. The average molecular weight is 284 g/mol. The Balaban J connectivity index is 1.79. The van der Waals surface area contributed by atoms with Gasteiger partial charge in [-0.1, -0.05) is 0 Å². The fourth-order valence-electron chi connectivity index (χ4n) is 2.42. The summed E-state index contributed by atoms with van der Waals surface area (Å²) in [6.07, 6.45) is 4.36. The van der Waals surface area contributed by atoms with E-state index in [1.807, 2.05) is 19.1 Å². The molecule has 1 aromatic carbocycles. The summed E-state index contributed by atoms with van der Waals surface area (Å²) in [6, 6.07) is 5.51. The Hall–Kier alpha value is -2.63. The Morgan fingerprint density at radius 2 is 2.29 bits per heavy atom. The van der Waals surface area contributed by atoms with Crippen LogP contribution in [-0.2, 0) is 17.8 Å². The lowest BCUT2D eigenvalue weighted by Gasteiger charge is -2.17. The minimum absolute atomic E-state index is 0.0335. The Morgan fingerprint density at radius 1 is 1.43 bits per heavy atom. The fraction of sp³-hybridized carbons (Fsp3) is 0.267. The van der Waals surface area contributed by atoms with Crippen molar-refractivity contribution in [2.24, 2.45) is 0 Å². The SMILES string of the molecule is CCn1cncc1C(=O)Nc1ccc2c(c1)CCC(=O)N2. The molecular weight excluding hydrogens is 268 g/mol. The first-order chi connectivity index (χ1) is 10.2. The van der Waals surface area contributed by atoms with E-state index >= 15 is 0 Å². The molecule has 0 atom stereocenters. The minimum Gasteiger partial charge on any atom is -0.327 e. The van der Waals surface area contributed by atoms with E-state index in [9.17, 15) is 9.59 Å². The van der Waals surface area contributed by atoms with Crippen molar-refractivity contribution in [3.63, 3.8) is 0 Å². The third-order valence-electron chi connectivity index (χ3n) is 3.54. The lowest BCUT2D eigenvalue weighted by molar-refractivity contribution is -0.116. The van der Waals surface area contributed by atoms with Gasteiger partial charge in [0, 0.05) is 24.3 Å². The number of imidazole rings is 1. The van der Waals surface area contributed by atoms with Gasteiger partial charge >= 0.3 is 0 Å². The molecule has 2 heterocycles. The number of hydrogen-bond acceptors (Lipinski definition) is 3. The van der Waals surface area contributed by atoms with E-state index in [1.165, 1.54) is 0 Å². The summed E-state index contributed by atoms with van der Waals surface area (Å²) < 4.78 is 1.79. The first-order valence-corrected chi connectivity index (χ1v) is 6.91. The molecule has 0 unspecified atom stereocenters. The molecule has 1 aliphatic rings. The van der Waals surface area contributed by atoms with E-state index in [4.69, 9.17) is 0 Å². The number of anilines is 2. The number of carbonyl (C=O) groups is 2. The molecule has 6 heteroatoms. The molecule has 108 valence electrons. The topological polar surface area (TPSA) is 76.0 Å². The molecular formula is C15H16N4O2. The number of carbonyl (C=O) groups excluding carboxylic acids is 2. The van der Waals surface area contributed by atoms with Crippen molar-refractivity contribution in [3.05, 3.63) is 42.0 Å². The largest absolute Gasteiger partial charge is 0.327 e. The number of amides is 2. The number of aryl methyl sites for hydroxylation is 2. The highest BCUT2D eigenvalue weighted by Gasteiger charge is 2.16. The van der Waals surface area contributed by atoms with Gasteiger partial charge in [0.2, 0.25) is 5.91 Å². The van der Waals surface area contributed by atoms with E-state index in [1.54, 1.807) is 23.2 Å². The molecule has 0 saturated heterocycles. The van der Waals surface area contributed by atoms with Crippen LogP contribution in [0, 0.1) is 0 Å². The highest BCUT2D eigenvalue weighted by Crippen LogP contribution is 2.25. The second-order valence-corrected chi connectivity index (χ2v) is 4.94. The second-order valence-electron chi connectivity index (χ2n) is 4.94. The Kier molecular flexibility index (Phi) is 3.43. The van der Waals surface area contributed by atoms with E-state index in [-0.39, 0.29) is 11.8 Å². The summed E-state index contributed by atoms with van der Waals surface area (Å²) in [6.45, 7) is 2.65. The van der Waals surface area contributed by atoms with E-state index in [0.717, 1.165) is 16.9 Å². The molecule has 3 rings (SSSR count). The molecule has 6 nitrogen and oxygen atoms in total. The van der Waals surface area contributed by atoms with Gasteiger partial charge in [-0.15, -0.1) is 0 Å². The zero-order valence-electron chi connectivity index (χ0n) is 11.7. The molecule has 2 aromatic rings. The highest BCUT2D eigenvalue weighted by molar-refractivity contribution is 6.03. The maximum Gasteiger partial charge on any atom is 0.273 e. The second kappa shape index (κ2) is 5.40. The molecule has 0 spiro atoms. The lowest BCUT2D eigenvalue weighted by atomic mass is 10.0. The normalized spacial score (nSPS) is 13.5. The number of benzene rings is 1. The summed E-state index contributed by atoms with van der Waals surface area (Å²) in [5.41, 5.74) is 3.11. The number of fused-ring (bicyclic) bond motifs is 1. The molecule has 21 heavy (non-hydrogen) atoms.